The molecular formula is C37H40BrNO4. The third-order valence-corrected chi connectivity index (χ3v) is 11.0. The summed E-state index contributed by atoms with van der Waals surface area (Å²) in [5.74, 6) is -2.01. The molecule has 0 saturated carbocycles. The SMILES string of the molecule is CCCCCCCCCCCCOC(=O)c1ccc(N2C(=O)C3C4c5ccccc5C(Br)(c5ccccc54)C3C2=O)cc1. The van der Waals surface area contributed by atoms with Crippen molar-refractivity contribution < 1.29 is 19.1 Å². The van der Waals surface area contributed by atoms with Crippen LogP contribution in [-0.4, -0.2) is 24.4 Å². The molecule has 1 aliphatic heterocycles. The van der Waals surface area contributed by atoms with Crippen molar-refractivity contribution >= 4 is 39.4 Å². The van der Waals surface area contributed by atoms with E-state index < -0.39 is 16.2 Å². The molecule has 1 heterocycles. The maximum atomic E-state index is 14.1. The van der Waals surface area contributed by atoms with Crippen LogP contribution in [0.2, 0.25) is 0 Å². The van der Waals surface area contributed by atoms with Crippen molar-refractivity contribution in [3.63, 3.8) is 0 Å². The first-order chi connectivity index (χ1) is 21.0. The summed E-state index contributed by atoms with van der Waals surface area (Å²) in [5, 5.41) is 0. The van der Waals surface area contributed by atoms with Crippen LogP contribution < -0.4 is 4.90 Å². The normalized spacial score (nSPS) is 23.2. The van der Waals surface area contributed by atoms with Crippen LogP contribution >= 0.6 is 15.9 Å². The molecule has 3 aliphatic carbocycles. The number of carbonyl (C=O) groups is 3. The number of benzene rings is 3. The lowest BCUT2D eigenvalue weighted by molar-refractivity contribution is -0.122. The minimum absolute atomic E-state index is 0.182. The number of ether oxygens (including phenoxy) is 1. The molecule has 0 N–H and O–H groups in total. The molecule has 4 aliphatic rings. The zero-order valence-corrected chi connectivity index (χ0v) is 26.5. The van der Waals surface area contributed by atoms with Gasteiger partial charge in [0.05, 0.1) is 34.0 Å². The molecule has 6 heteroatoms. The Balaban J connectivity index is 1.09. The van der Waals surface area contributed by atoms with Crippen molar-refractivity contribution in [2.45, 2.75) is 81.4 Å². The van der Waals surface area contributed by atoms with E-state index in [-0.39, 0.29) is 23.7 Å². The van der Waals surface area contributed by atoms with E-state index >= 15 is 0 Å². The Kier molecular flexibility index (Phi) is 8.85. The van der Waals surface area contributed by atoms with Crippen LogP contribution in [0.4, 0.5) is 5.69 Å². The molecule has 0 spiro atoms. The number of carbonyl (C=O) groups excluding carboxylic acids is 3. The first-order valence-corrected chi connectivity index (χ1v) is 16.8. The monoisotopic (exact) mass is 641 g/mol. The Bertz CT molecular complexity index is 1450. The quantitative estimate of drug-likeness (QED) is 0.0810. The summed E-state index contributed by atoms with van der Waals surface area (Å²) in [5.41, 5.74) is 5.22. The molecule has 3 aromatic rings. The number of anilines is 1. The average molecular weight is 643 g/mol. The van der Waals surface area contributed by atoms with Gasteiger partial charge in [-0.15, -0.1) is 0 Å². The van der Waals surface area contributed by atoms with Gasteiger partial charge in [0.15, 0.2) is 0 Å². The molecule has 7 rings (SSSR count). The van der Waals surface area contributed by atoms with Crippen LogP contribution in [0.1, 0.15) is 110 Å². The second-order valence-electron chi connectivity index (χ2n) is 12.2. The van der Waals surface area contributed by atoms with E-state index in [0.717, 1.165) is 35.1 Å². The Morgan fingerprint density at radius 1 is 0.744 bits per heavy atom. The van der Waals surface area contributed by atoms with Gasteiger partial charge in [-0.25, -0.2) is 9.69 Å². The number of alkyl halides is 1. The van der Waals surface area contributed by atoms with Gasteiger partial charge in [0.1, 0.15) is 0 Å². The Hall–Kier alpha value is -3.25. The number of hydrogen-bond donors (Lipinski definition) is 0. The van der Waals surface area contributed by atoms with E-state index in [9.17, 15) is 14.4 Å². The third-order valence-electron chi connectivity index (χ3n) is 9.61. The number of rotatable bonds is 13. The molecule has 224 valence electrons. The molecule has 2 amide bonds. The van der Waals surface area contributed by atoms with Gasteiger partial charge < -0.3 is 4.74 Å². The number of nitrogens with zero attached hydrogens (tertiary/aromatic N) is 1. The number of hydrogen-bond acceptors (Lipinski definition) is 4. The topological polar surface area (TPSA) is 63.7 Å². The van der Waals surface area contributed by atoms with Gasteiger partial charge in [-0.05, 0) is 52.9 Å². The minimum atomic E-state index is -0.778. The molecular weight excluding hydrogens is 602 g/mol. The minimum Gasteiger partial charge on any atom is -0.462 e. The second-order valence-corrected chi connectivity index (χ2v) is 13.5. The number of amides is 2. The average Bonchev–Trinajstić information content (AvgIpc) is 3.30. The van der Waals surface area contributed by atoms with Crippen molar-refractivity contribution in [3.8, 4) is 0 Å². The number of esters is 1. The van der Waals surface area contributed by atoms with Gasteiger partial charge in [-0.3, -0.25) is 9.59 Å². The van der Waals surface area contributed by atoms with Crippen LogP contribution in [-0.2, 0) is 18.7 Å². The summed E-state index contributed by atoms with van der Waals surface area (Å²) >= 11 is 4.03. The summed E-state index contributed by atoms with van der Waals surface area (Å²) in [6.07, 6.45) is 12.3. The zero-order valence-electron chi connectivity index (χ0n) is 24.9. The van der Waals surface area contributed by atoms with Crippen molar-refractivity contribution in [1.29, 1.82) is 0 Å². The molecule has 0 aromatic heterocycles. The van der Waals surface area contributed by atoms with Crippen LogP contribution in [0.3, 0.4) is 0 Å². The van der Waals surface area contributed by atoms with Gasteiger partial charge in [0.25, 0.3) is 0 Å². The molecule has 2 unspecified atom stereocenters. The first-order valence-electron chi connectivity index (χ1n) is 16.0. The van der Waals surface area contributed by atoms with Gasteiger partial charge in [0, 0.05) is 5.92 Å². The summed E-state index contributed by atoms with van der Waals surface area (Å²) in [6, 6.07) is 23.0. The third kappa shape index (κ3) is 5.26. The van der Waals surface area contributed by atoms with E-state index in [1.807, 2.05) is 24.3 Å². The lowest BCUT2D eigenvalue weighted by Crippen LogP contribution is -2.50. The smallest absolute Gasteiger partial charge is 0.338 e. The molecule has 1 saturated heterocycles. The van der Waals surface area contributed by atoms with Crippen molar-refractivity contribution in [2.24, 2.45) is 11.8 Å². The lowest BCUT2D eigenvalue weighted by Gasteiger charge is -2.51. The summed E-state index contributed by atoms with van der Waals surface area (Å²) in [6.45, 7) is 2.64. The standard InChI is InChI=1S/C37H40BrNO4/c1-2-3-4-5-6-7-8-9-10-15-24-43-36(42)25-20-22-26(23-21-25)39-34(40)32-31-27-16-11-13-18-29(27)37(38,33(32)35(39)41)30-19-14-12-17-28(30)31/h11-14,16-23,31-33H,2-10,15,24H2,1H3. The highest BCUT2D eigenvalue weighted by Gasteiger charge is 2.67. The summed E-state index contributed by atoms with van der Waals surface area (Å²) in [4.78, 5) is 42.1. The fraction of sp³-hybridized carbons (Fsp3) is 0.432. The molecule has 2 atom stereocenters. The van der Waals surface area contributed by atoms with Crippen molar-refractivity contribution in [2.75, 3.05) is 11.5 Å². The number of imide groups is 1. The maximum Gasteiger partial charge on any atom is 0.338 e. The van der Waals surface area contributed by atoms with E-state index in [0.29, 0.717) is 17.9 Å². The molecule has 2 bridgehead atoms. The second kappa shape index (κ2) is 12.8. The fourth-order valence-electron chi connectivity index (χ4n) is 7.52. The molecule has 3 aromatic carbocycles. The summed E-state index contributed by atoms with van der Waals surface area (Å²) in [7, 11) is 0. The molecule has 0 radical (unpaired) electrons. The highest BCUT2D eigenvalue weighted by Crippen LogP contribution is 2.66. The number of unbranched alkanes of at least 4 members (excludes halogenated alkanes) is 9. The highest BCUT2D eigenvalue weighted by molar-refractivity contribution is 9.09. The molecule has 5 nitrogen and oxygen atoms in total. The van der Waals surface area contributed by atoms with Gasteiger partial charge >= 0.3 is 5.97 Å². The van der Waals surface area contributed by atoms with Gasteiger partial charge in [-0.1, -0.05) is 129 Å². The summed E-state index contributed by atoms with van der Waals surface area (Å²) < 4.78 is 4.74. The van der Waals surface area contributed by atoms with Crippen molar-refractivity contribution in [1.82, 2.24) is 0 Å². The zero-order chi connectivity index (χ0) is 30.0. The van der Waals surface area contributed by atoms with Crippen LogP contribution in [0.25, 0.3) is 0 Å². The molecule has 43 heavy (non-hydrogen) atoms. The van der Waals surface area contributed by atoms with Crippen molar-refractivity contribution in [3.05, 3.63) is 101 Å². The van der Waals surface area contributed by atoms with E-state index in [1.165, 1.54) is 56.3 Å². The first kappa shape index (κ1) is 29.8. The predicted octanol–water partition coefficient (Wildman–Crippen LogP) is 8.67. The van der Waals surface area contributed by atoms with E-state index in [1.54, 1.807) is 24.3 Å². The van der Waals surface area contributed by atoms with Gasteiger partial charge in [-0.2, -0.15) is 0 Å². The number of halogens is 1. The predicted molar refractivity (Wildman–Crippen MR) is 172 cm³/mol. The van der Waals surface area contributed by atoms with E-state index in [4.69, 9.17) is 4.74 Å². The van der Waals surface area contributed by atoms with Crippen LogP contribution in [0.15, 0.2) is 72.8 Å². The largest absolute Gasteiger partial charge is 0.462 e. The highest BCUT2D eigenvalue weighted by atomic mass is 79.9. The van der Waals surface area contributed by atoms with Gasteiger partial charge in [0.2, 0.25) is 11.8 Å². The Morgan fingerprint density at radius 2 is 1.28 bits per heavy atom. The lowest BCUT2D eigenvalue weighted by atomic mass is 9.55. The van der Waals surface area contributed by atoms with Crippen LogP contribution in [0, 0.1) is 11.8 Å². The Morgan fingerprint density at radius 3 is 1.86 bits per heavy atom. The Labute approximate surface area is 263 Å². The maximum absolute atomic E-state index is 14.1. The van der Waals surface area contributed by atoms with Crippen LogP contribution in [0.5, 0.6) is 0 Å². The van der Waals surface area contributed by atoms with E-state index in [2.05, 4.69) is 47.1 Å². The molecule has 1 fully saturated rings. The fourth-order valence-corrected chi connectivity index (χ4v) is 8.72.